The topological polar surface area (TPSA) is 565 Å². The first-order valence-corrected chi connectivity index (χ1v) is 49.5. The molecule has 2 aliphatic heterocycles. The number of carbonyl (C=O) groups excluding carboxylic acids is 13. The number of carboxylic acids is 3. The molecule has 7 aromatic rings. The first-order valence-electron chi connectivity index (χ1n) is 47.2. The van der Waals surface area contributed by atoms with Gasteiger partial charge in [0.15, 0.2) is 0 Å². The van der Waals surface area contributed by atoms with E-state index in [1.807, 2.05) is 24.3 Å². The number of rotatable bonds is 41. The summed E-state index contributed by atoms with van der Waals surface area (Å²) in [5, 5.41) is 69.6. The zero-order valence-electron chi connectivity index (χ0n) is 78.1. The van der Waals surface area contributed by atoms with Crippen LogP contribution in [-0.4, -0.2) is 231 Å². The molecular weight excluding hydrogens is 1830 g/mol. The van der Waals surface area contributed by atoms with Crippen LogP contribution in [0.1, 0.15) is 215 Å². The van der Waals surface area contributed by atoms with Crippen LogP contribution in [0.3, 0.4) is 0 Å². The molecule has 1 saturated heterocycles. The van der Waals surface area contributed by atoms with Gasteiger partial charge in [0, 0.05) is 134 Å². The molecule has 37 nitrogen and oxygen atoms in total. The second kappa shape index (κ2) is 55.4. The van der Waals surface area contributed by atoms with Gasteiger partial charge in [-0.15, -0.1) is 0 Å². The number of nitrogens with one attached hydrogen (secondary N) is 13. The highest BCUT2D eigenvalue weighted by Crippen LogP contribution is 2.32. The van der Waals surface area contributed by atoms with E-state index in [1.54, 1.807) is 17.7 Å². The van der Waals surface area contributed by atoms with Gasteiger partial charge >= 0.3 is 17.9 Å². The minimum atomic E-state index is -2.12. The molecule has 5 heterocycles. The number of phenolic OH excluding ortho intramolecular Hbond substituents is 1. The molecule has 138 heavy (non-hydrogen) atoms. The number of phenols is 1. The normalized spacial score (nSPS) is 20.1. The number of aromatic nitrogens is 4. The van der Waals surface area contributed by atoms with Gasteiger partial charge in [-0.05, 0) is 142 Å². The third kappa shape index (κ3) is 35.2. The Hall–Kier alpha value is -13.0. The van der Waals surface area contributed by atoms with Gasteiger partial charge in [-0.1, -0.05) is 120 Å². The molecule has 41 heteroatoms. The van der Waals surface area contributed by atoms with Crippen molar-refractivity contribution in [2.24, 2.45) is 5.73 Å². The van der Waals surface area contributed by atoms with E-state index in [0.717, 1.165) is 55.0 Å². The van der Waals surface area contributed by atoms with Crippen LogP contribution in [0.2, 0.25) is 0 Å². The predicted molar refractivity (Wildman–Crippen MR) is 513 cm³/mol. The number of carboxylic acid groups (broad SMARTS) is 3. The van der Waals surface area contributed by atoms with E-state index >= 15 is 32.8 Å². The monoisotopic (exact) mass is 1950 g/mol. The number of imidazole rings is 1. The molecule has 10 atom stereocenters. The number of benzene rings is 4. The Morgan fingerprint density at radius 3 is 1.66 bits per heavy atom. The van der Waals surface area contributed by atoms with Crippen LogP contribution >= 0.6 is 23.5 Å². The molecular formula is C97H129F2N17O20S2. The van der Waals surface area contributed by atoms with Crippen molar-refractivity contribution in [2.75, 3.05) is 31.1 Å². The Morgan fingerprint density at radius 2 is 1.09 bits per heavy atom. The number of nitrogens with two attached hydrogens (primary N) is 1. The minimum absolute atomic E-state index is 0.0166. The lowest BCUT2D eigenvalue weighted by atomic mass is 9.95. The van der Waals surface area contributed by atoms with Crippen LogP contribution < -0.4 is 64.2 Å². The number of amides is 13. The number of aliphatic carboxylic acids is 3. The largest absolute Gasteiger partial charge is 0.508 e. The molecule has 9 rings (SSSR count). The lowest BCUT2D eigenvalue weighted by Gasteiger charge is -2.37. The smallest absolute Gasteiger partial charge is 0.326 e. The van der Waals surface area contributed by atoms with Crippen molar-refractivity contribution in [3.63, 3.8) is 0 Å². The van der Waals surface area contributed by atoms with Gasteiger partial charge in [0.1, 0.15) is 77.3 Å². The number of hydrogen-bond acceptors (Lipinski definition) is 20. The Bertz CT molecular complexity index is 5370. The first-order chi connectivity index (χ1) is 66.1. The summed E-state index contributed by atoms with van der Waals surface area (Å²) in [6, 6.07) is 5.89. The van der Waals surface area contributed by atoms with E-state index in [2.05, 4.69) is 80.4 Å². The third-order valence-electron chi connectivity index (χ3n) is 24.4. The molecule has 0 radical (unpaired) electrons. The van der Waals surface area contributed by atoms with Crippen molar-refractivity contribution in [3.8, 4) is 5.75 Å². The summed E-state index contributed by atoms with van der Waals surface area (Å²) >= 11 is 2.66. The van der Waals surface area contributed by atoms with Gasteiger partial charge in [0.2, 0.25) is 76.8 Å². The molecule has 19 N–H and O–H groups in total. The number of aromatic hydroxyl groups is 1. The van der Waals surface area contributed by atoms with Crippen molar-refractivity contribution in [2.45, 2.75) is 285 Å². The summed E-state index contributed by atoms with van der Waals surface area (Å²) in [5.74, 6) is -16.7. The number of aryl methyl sites for hydroxylation is 1. The molecule has 3 aromatic heterocycles. The molecule has 748 valence electrons. The average molecular weight is 1960 g/mol. The lowest BCUT2D eigenvalue weighted by Crippen LogP contribution is -2.63. The molecule has 0 aliphatic carbocycles. The summed E-state index contributed by atoms with van der Waals surface area (Å²) in [5.41, 5.74) is 7.75. The van der Waals surface area contributed by atoms with E-state index in [-0.39, 0.29) is 122 Å². The number of hydrogen-bond donors (Lipinski definition) is 18. The summed E-state index contributed by atoms with van der Waals surface area (Å²) in [4.78, 5) is 236. The maximum absolute atomic E-state index is 15.4. The maximum atomic E-state index is 15.4. The zero-order valence-corrected chi connectivity index (χ0v) is 79.7. The van der Waals surface area contributed by atoms with Gasteiger partial charge in [0.05, 0.1) is 25.0 Å². The number of aromatic amines is 2. The second-order valence-corrected chi connectivity index (χ2v) is 37.4. The van der Waals surface area contributed by atoms with Gasteiger partial charge < -0.3 is 104 Å². The fourth-order valence-electron chi connectivity index (χ4n) is 16.6. The van der Waals surface area contributed by atoms with E-state index < -0.39 is 211 Å². The molecule has 4 aromatic carbocycles. The van der Waals surface area contributed by atoms with Crippen LogP contribution in [0.25, 0.3) is 21.8 Å². The zero-order chi connectivity index (χ0) is 99.8. The number of carbonyl (C=O) groups is 16. The summed E-state index contributed by atoms with van der Waals surface area (Å²) in [7, 11) is 0. The van der Waals surface area contributed by atoms with Crippen molar-refractivity contribution in [1.82, 2.24) is 82.9 Å². The molecule has 0 saturated carbocycles. The fourth-order valence-corrected chi connectivity index (χ4v) is 18.5. The van der Waals surface area contributed by atoms with Gasteiger partial charge in [-0.25, -0.2) is 23.4 Å². The Morgan fingerprint density at radius 1 is 0.565 bits per heavy atom. The van der Waals surface area contributed by atoms with Crippen molar-refractivity contribution < 1.29 is 106 Å². The maximum Gasteiger partial charge on any atom is 0.326 e. The number of fused-ring (bicyclic) bond motifs is 5. The van der Waals surface area contributed by atoms with Crippen LogP contribution in [0.5, 0.6) is 5.75 Å². The molecule has 0 spiro atoms. The van der Waals surface area contributed by atoms with Gasteiger partial charge in [-0.3, -0.25) is 67.1 Å². The van der Waals surface area contributed by atoms with Crippen molar-refractivity contribution in [3.05, 3.63) is 155 Å². The summed E-state index contributed by atoms with van der Waals surface area (Å²) in [6.07, 6.45) is 16.2. The highest BCUT2D eigenvalue weighted by Gasteiger charge is 2.49. The van der Waals surface area contributed by atoms with Crippen LogP contribution in [0, 0.1) is 11.6 Å². The molecule has 1 fully saturated rings. The Balaban J connectivity index is 0.932. The van der Waals surface area contributed by atoms with Gasteiger partial charge in [0.25, 0.3) is 0 Å². The quantitative estimate of drug-likeness (QED) is 0.0171. The van der Waals surface area contributed by atoms with Crippen LogP contribution in [0.4, 0.5) is 8.78 Å². The minimum Gasteiger partial charge on any atom is -0.508 e. The number of primary amides is 1. The van der Waals surface area contributed by atoms with E-state index in [9.17, 15) is 73.2 Å². The highest BCUT2D eigenvalue weighted by molar-refractivity contribution is 7.98. The van der Waals surface area contributed by atoms with Crippen molar-refractivity contribution in [1.29, 1.82) is 0 Å². The fraction of sp³-hybridized carbons (Fsp3) is 0.515. The third-order valence-corrected chi connectivity index (χ3v) is 26.6. The molecule has 0 unspecified atom stereocenters. The number of halogens is 2. The van der Waals surface area contributed by atoms with E-state index in [1.165, 1.54) is 148 Å². The van der Waals surface area contributed by atoms with Crippen molar-refractivity contribution >= 4 is 140 Å². The van der Waals surface area contributed by atoms with E-state index in [4.69, 9.17) is 5.73 Å². The number of thioether (sulfide) groups is 2. The Kier molecular flexibility index (Phi) is 43.7. The highest BCUT2D eigenvalue weighted by atomic mass is 32.2. The second-order valence-electron chi connectivity index (χ2n) is 35.3. The molecule has 13 amide bonds. The molecule has 2 bridgehead atoms. The number of H-pyrrole nitrogens is 2. The average Bonchev–Trinajstić information content (AvgIpc) is 1.61. The SMILES string of the molecule is CCCCCCCCCCCCCCCC(=O)N[C@@H](CCC(=O)N[C@@H](CCC(=O)NCCCC[C@@H]1NC(=O)CCSCc2cccc(c2)CSC[C@@H](C(N)=O)NC(=O)[C@]2(C)CCCN2C(=O)[C@H](Cc2ccc(O)cc2)NC(=O)[C@H](Cc2cn(CC)cn2)NC(=O)[C@H](CC(=O)O)NC(=O)[C@H](Cc2c[nH]c3ccc(F)cc23)NC(=O)[C@H](Cc2c[nH]c3ccc(F)cc23)NC(=O)CNC1=O)C(=O)O)C(=O)O. The number of unbranched alkanes of at least 4 members (excludes halogenated alkanes) is 13. The number of nitrogens with zero attached hydrogens (tertiary/aromatic N) is 3. The van der Waals surface area contributed by atoms with Crippen LogP contribution in [-0.2, 0) is 120 Å². The van der Waals surface area contributed by atoms with Gasteiger partial charge in [-0.2, -0.15) is 23.5 Å². The Labute approximate surface area is 807 Å². The lowest BCUT2D eigenvalue weighted by molar-refractivity contribution is -0.147. The van der Waals surface area contributed by atoms with Crippen LogP contribution in [0.15, 0.2) is 110 Å². The molecule has 2 aliphatic rings. The predicted octanol–water partition coefficient (Wildman–Crippen LogP) is 7.01. The summed E-state index contributed by atoms with van der Waals surface area (Å²) in [6.45, 7) is 4.96. The standard InChI is InChI=1S/C97H129F2N17O20S2/c1-4-6-7-8-9-10-11-12-13-14-15-16-17-25-82(119)107-74(95(134)135)35-37-83(120)108-73(94(132)133)34-36-81(118)101-40-19-18-24-72-88(126)104-53-85(122)109-75(45-62-51-102-70-32-28-64(98)47-68(62)70)89(127)110-76(46-63-52-103-71-33-29-65(99)48-69(63)71)90(128)112-78(50-86(123)124)92(130)111-77(49-66-54-115(5-2)58-105-66)91(129)113-79(44-59-26-30-67(117)31-27-59)93(131)116-41-21-39-97(116,3)96(136)114-80(87(100)125)57-138-56-61-23-20-22-60(43-61)55-137-42-38-84(121)106-72/h20,22-23,26-33,43,47-48,51-52,54,58,72-80,102-103,117H,4-19,21,24-25,34-42,44-46,49-50,53,55-57H2,1-3H3,(H2,100,125)(H,101,118)(H,104,126)(H,106,121)(H,107,119)(H,108,120)(H,109,122)(H,110,127)(H,111,130)(H,112,128)(H,113,129)(H,114,136)(H,123,124)(H,132,133)(H,134,135)/t72-,73-,74-,75-,76-,77-,78-,79-,80-,97-/m0/s1. The summed E-state index contributed by atoms with van der Waals surface area (Å²) < 4.78 is 32.0. The first kappa shape index (κ1) is 109. The van der Waals surface area contributed by atoms with E-state index in [0.29, 0.717) is 41.1 Å².